The van der Waals surface area contributed by atoms with Gasteiger partial charge in [-0.15, -0.1) is 0 Å². The summed E-state index contributed by atoms with van der Waals surface area (Å²) in [5.74, 6) is 1.61. The van der Waals surface area contributed by atoms with E-state index in [2.05, 4.69) is 4.90 Å². The lowest BCUT2D eigenvalue weighted by atomic mass is 10.0. The van der Waals surface area contributed by atoms with Crippen molar-refractivity contribution >= 4 is 0 Å². The van der Waals surface area contributed by atoms with Crippen molar-refractivity contribution in [1.82, 2.24) is 4.90 Å². The van der Waals surface area contributed by atoms with Crippen LogP contribution in [0.3, 0.4) is 0 Å². The molecule has 0 atom stereocenters. The minimum Gasteiger partial charge on any atom is -0.497 e. The van der Waals surface area contributed by atoms with Crippen molar-refractivity contribution in [2.24, 2.45) is 0 Å². The van der Waals surface area contributed by atoms with E-state index >= 15 is 0 Å². The maximum Gasteiger partial charge on any atom is 0.127 e. The van der Waals surface area contributed by atoms with Crippen molar-refractivity contribution in [3.8, 4) is 11.5 Å². The molecule has 19 heavy (non-hydrogen) atoms. The molecule has 1 N–H and O–H groups in total. The first-order valence-electron chi connectivity index (χ1n) is 6.39. The van der Waals surface area contributed by atoms with E-state index in [0.717, 1.165) is 29.2 Å². The van der Waals surface area contributed by atoms with Crippen LogP contribution >= 0.6 is 0 Å². The number of aliphatic hydroxyl groups is 1. The number of methoxy groups -OCH3 is 2. The van der Waals surface area contributed by atoms with E-state index in [9.17, 15) is 5.11 Å². The van der Waals surface area contributed by atoms with Gasteiger partial charge >= 0.3 is 0 Å². The second kappa shape index (κ2) is 6.26. The van der Waals surface area contributed by atoms with Crippen LogP contribution in [-0.4, -0.2) is 43.4 Å². The molecule has 0 radical (unpaired) electrons. The Balaban J connectivity index is 2.94. The zero-order chi connectivity index (χ0) is 14.6. The molecule has 0 saturated carbocycles. The average molecular weight is 267 g/mol. The first-order valence-corrected chi connectivity index (χ1v) is 6.39. The van der Waals surface area contributed by atoms with Gasteiger partial charge in [0.05, 0.1) is 19.8 Å². The first kappa shape index (κ1) is 15.8. The van der Waals surface area contributed by atoms with Gasteiger partial charge in [-0.1, -0.05) is 0 Å². The van der Waals surface area contributed by atoms with Gasteiger partial charge in [0.1, 0.15) is 11.5 Å². The molecule has 0 aliphatic rings. The van der Waals surface area contributed by atoms with E-state index in [4.69, 9.17) is 9.47 Å². The molecule has 1 rings (SSSR count). The quantitative estimate of drug-likeness (QED) is 0.858. The highest BCUT2D eigenvalue weighted by Gasteiger charge is 2.18. The monoisotopic (exact) mass is 267 g/mol. The highest BCUT2D eigenvalue weighted by molar-refractivity contribution is 5.46. The summed E-state index contributed by atoms with van der Waals surface area (Å²) in [4.78, 5) is 2.08. The lowest BCUT2D eigenvalue weighted by molar-refractivity contribution is 0.0422. The summed E-state index contributed by atoms with van der Waals surface area (Å²) in [5.41, 5.74) is 1.54. The molecule has 1 aromatic carbocycles. The number of benzene rings is 1. The summed E-state index contributed by atoms with van der Waals surface area (Å²) < 4.78 is 10.7. The fourth-order valence-electron chi connectivity index (χ4n) is 2.24. The van der Waals surface area contributed by atoms with Crippen LogP contribution < -0.4 is 9.47 Å². The minimum absolute atomic E-state index is 0.599. The number of ether oxygens (including phenoxy) is 2. The first-order chi connectivity index (χ1) is 8.76. The summed E-state index contributed by atoms with van der Waals surface area (Å²) >= 11 is 0. The van der Waals surface area contributed by atoms with Crippen LogP contribution in [0.2, 0.25) is 0 Å². The lowest BCUT2D eigenvalue weighted by Gasteiger charge is -2.26. The van der Waals surface area contributed by atoms with Gasteiger partial charge < -0.3 is 14.6 Å². The molecule has 0 spiro atoms. The summed E-state index contributed by atoms with van der Waals surface area (Å²) in [7, 11) is 5.29. The third-order valence-electron chi connectivity index (χ3n) is 2.95. The molecule has 0 unspecified atom stereocenters. The Hall–Kier alpha value is -1.26. The lowest BCUT2D eigenvalue weighted by Crippen LogP contribution is -2.36. The Morgan fingerprint density at radius 3 is 2.32 bits per heavy atom. The maximum absolute atomic E-state index is 9.85. The summed E-state index contributed by atoms with van der Waals surface area (Å²) in [6, 6.07) is 3.88. The van der Waals surface area contributed by atoms with Crippen molar-refractivity contribution in [1.29, 1.82) is 0 Å². The zero-order valence-corrected chi connectivity index (χ0v) is 12.8. The van der Waals surface area contributed by atoms with Gasteiger partial charge in [-0.2, -0.15) is 0 Å². The molecular weight excluding hydrogens is 242 g/mol. The van der Waals surface area contributed by atoms with Crippen molar-refractivity contribution in [2.75, 3.05) is 27.8 Å². The molecule has 0 aliphatic carbocycles. The molecular formula is C15H25NO3. The Bertz CT molecular complexity index is 424. The van der Waals surface area contributed by atoms with E-state index in [0.29, 0.717) is 6.54 Å². The van der Waals surface area contributed by atoms with Crippen molar-refractivity contribution in [3.63, 3.8) is 0 Å². The fraction of sp³-hybridized carbons (Fsp3) is 0.600. The second-order valence-corrected chi connectivity index (χ2v) is 5.61. The van der Waals surface area contributed by atoms with Crippen molar-refractivity contribution < 1.29 is 14.6 Å². The van der Waals surface area contributed by atoms with Crippen LogP contribution in [0.25, 0.3) is 0 Å². The Labute approximate surface area is 115 Å². The minimum atomic E-state index is -0.706. The van der Waals surface area contributed by atoms with Crippen LogP contribution in [-0.2, 0) is 6.54 Å². The molecule has 0 amide bonds. The number of hydrogen-bond donors (Lipinski definition) is 1. The molecule has 4 heteroatoms. The predicted octanol–water partition coefficient (Wildman–Crippen LogP) is 2.21. The molecule has 0 fully saturated rings. The maximum atomic E-state index is 9.85. The smallest absolute Gasteiger partial charge is 0.127 e. The zero-order valence-electron chi connectivity index (χ0n) is 12.8. The largest absolute Gasteiger partial charge is 0.497 e. The third-order valence-corrected chi connectivity index (χ3v) is 2.95. The molecule has 108 valence electrons. The van der Waals surface area contributed by atoms with Gasteiger partial charge in [0.25, 0.3) is 0 Å². The van der Waals surface area contributed by atoms with Crippen LogP contribution in [0.1, 0.15) is 25.0 Å². The highest BCUT2D eigenvalue weighted by Crippen LogP contribution is 2.29. The van der Waals surface area contributed by atoms with Gasteiger partial charge in [0.2, 0.25) is 0 Å². The predicted molar refractivity (Wildman–Crippen MR) is 76.9 cm³/mol. The van der Waals surface area contributed by atoms with E-state index in [1.54, 1.807) is 14.2 Å². The van der Waals surface area contributed by atoms with Crippen molar-refractivity contribution in [2.45, 2.75) is 32.9 Å². The Morgan fingerprint density at radius 2 is 1.84 bits per heavy atom. The Kier molecular flexibility index (Phi) is 5.20. The number of likely N-dealkylation sites (N-methyl/N-ethyl adjacent to an activating group) is 1. The number of hydrogen-bond acceptors (Lipinski definition) is 4. The second-order valence-electron chi connectivity index (χ2n) is 5.61. The van der Waals surface area contributed by atoms with Crippen LogP contribution in [0, 0.1) is 6.92 Å². The SMILES string of the molecule is COc1cc(C)c(CN(C)CC(C)(C)O)c(OC)c1. The van der Waals surface area contributed by atoms with E-state index in [-0.39, 0.29) is 0 Å². The van der Waals surface area contributed by atoms with Crippen LogP contribution in [0.5, 0.6) is 11.5 Å². The van der Waals surface area contributed by atoms with E-state index in [1.807, 2.05) is 40.0 Å². The summed E-state index contributed by atoms with van der Waals surface area (Å²) in [6.45, 7) is 6.98. The average Bonchev–Trinajstić information content (AvgIpc) is 2.29. The molecule has 0 aromatic heterocycles. The molecule has 0 aliphatic heterocycles. The third kappa shape index (κ3) is 4.73. The standard InChI is InChI=1S/C15H25NO3/c1-11-7-12(18-5)8-14(19-6)13(11)9-16(4)10-15(2,3)17/h7-8,17H,9-10H2,1-6H3. The number of aryl methyl sites for hydroxylation is 1. The summed E-state index contributed by atoms with van der Waals surface area (Å²) in [5, 5.41) is 9.85. The molecule has 0 bridgehead atoms. The number of rotatable bonds is 6. The Morgan fingerprint density at radius 1 is 1.21 bits per heavy atom. The van der Waals surface area contributed by atoms with Gasteiger partial charge in [0.15, 0.2) is 0 Å². The molecule has 4 nitrogen and oxygen atoms in total. The van der Waals surface area contributed by atoms with Crippen molar-refractivity contribution in [3.05, 3.63) is 23.3 Å². The summed E-state index contributed by atoms with van der Waals surface area (Å²) in [6.07, 6.45) is 0. The molecule has 1 aromatic rings. The number of nitrogens with zero attached hydrogens (tertiary/aromatic N) is 1. The van der Waals surface area contributed by atoms with Gasteiger partial charge in [-0.25, -0.2) is 0 Å². The fourth-order valence-corrected chi connectivity index (χ4v) is 2.24. The highest BCUT2D eigenvalue weighted by atomic mass is 16.5. The van der Waals surface area contributed by atoms with Crippen LogP contribution in [0.4, 0.5) is 0 Å². The molecule has 0 heterocycles. The van der Waals surface area contributed by atoms with Gasteiger partial charge in [-0.3, -0.25) is 4.90 Å². The van der Waals surface area contributed by atoms with Crippen LogP contribution in [0.15, 0.2) is 12.1 Å². The normalized spacial score (nSPS) is 11.8. The molecule has 0 saturated heterocycles. The van der Waals surface area contributed by atoms with Gasteiger partial charge in [-0.05, 0) is 39.4 Å². The van der Waals surface area contributed by atoms with Gasteiger partial charge in [0, 0.05) is 24.7 Å². The topological polar surface area (TPSA) is 41.9 Å². The van der Waals surface area contributed by atoms with E-state index in [1.165, 1.54) is 0 Å². The van der Waals surface area contributed by atoms with E-state index < -0.39 is 5.60 Å².